The summed E-state index contributed by atoms with van der Waals surface area (Å²) in [5.74, 6) is 0.955. The number of nitro groups is 1. The van der Waals surface area contributed by atoms with E-state index in [1.54, 1.807) is 18.3 Å². The molecule has 10 heteroatoms. The molecule has 9 nitrogen and oxygen atoms in total. The quantitative estimate of drug-likeness (QED) is 0.541. The number of nitrogens with one attached hydrogen (secondary N) is 1. The molecule has 0 saturated carbocycles. The van der Waals surface area contributed by atoms with Crippen molar-refractivity contribution in [2.75, 3.05) is 25.5 Å². The highest BCUT2D eigenvalue weighted by molar-refractivity contribution is 7.89. The third-order valence-electron chi connectivity index (χ3n) is 5.04. The van der Waals surface area contributed by atoms with Crippen molar-refractivity contribution in [1.29, 1.82) is 0 Å². The van der Waals surface area contributed by atoms with Crippen LogP contribution in [-0.4, -0.2) is 42.8 Å². The molecule has 0 bridgehead atoms. The fourth-order valence-corrected chi connectivity index (χ4v) is 4.67. The highest BCUT2D eigenvalue weighted by atomic mass is 32.2. The van der Waals surface area contributed by atoms with Gasteiger partial charge in [-0.3, -0.25) is 10.1 Å². The third kappa shape index (κ3) is 4.83. The molecule has 156 valence electrons. The van der Waals surface area contributed by atoms with Crippen molar-refractivity contribution in [2.45, 2.75) is 31.2 Å². The maximum absolute atomic E-state index is 12.9. The first kappa shape index (κ1) is 21.0. The largest absolute Gasteiger partial charge is 0.481 e. The second kappa shape index (κ2) is 8.75. The number of sulfonamides is 1. The predicted molar refractivity (Wildman–Crippen MR) is 108 cm³/mol. The molecule has 1 aliphatic heterocycles. The van der Waals surface area contributed by atoms with Crippen LogP contribution in [0.3, 0.4) is 0 Å². The fraction of sp³-hybridized carbons (Fsp3) is 0.421. The number of aromatic nitrogens is 1. The molecule has 1 aromatic heterocycles. The summed E-state index contributed by atoms with van der Waals surface area (Å²) in [4.78, 5) is 15.0. The summed E-state index contributed by atoms with van der Waals surface area (Å²) in [7, 11) is -2.24. The Bertz CT molecular complexity index is 971. The van der Waals surface area contributed by atoms with Crippen LogP contribution >= 0.6 is 0 Å². The average Bonchev–Trinajstić information content (AvgIpc) is 2.72. The Balaban J connectivity index is 1.80. The predicted octanol–water partition coefficient (Wildman–Crippen LogP) is 3.03. The van der Waals surface area contributed by atoms with Gasteiger partial charge in [-0.2, -0.15) is 4.31 Å². The first-order valence-electron chi connectivity index (χ1n) is 9.32. The molecule has 0 atom stereocenters. The first-order valence-corrected chi connectivity index (χ1v) is 10.8. The van der Waals surface area contributed by atoms with Crippen molar-refractivity contribution in [1.82, 2.24) is 9.29 Å². The van der Waals surface area contributed by atoms with E-state index < -0.39 is 14.9 Å². The molecule has 0 amide bonds. The van der Waals surface area contributed by atoms with Gasteiger partial charge in [0.2, 0.25) is 15.9 Å². The van der Waals surface area contributed by atoms with Crippen LogP contribution in [-0.2, 0) is 16.6 Å². The van der Waals surface area contributed by atoms with E-state index in [4.69, 9.17) is 4.74 Å². The van der Waals surface area contributed by atoms with Gasteiger partial charge in [0.1, 0.15) is 5.69 Å². The zero-order valence-corrected chi connectivity index (χ0v) is 17.2. The number of methoxy groups -OCH3 is 1. The van der Waals surface area contributed by atoms with Crippen LogP contribution in [0.4, 0.5) is 11.4 Å². The molecule has 1 fully saturated rings. The van der Waals surface area contributed by atoms with Crippen molar-refractivity contribution in [2.24, 2.45) is 5.92 Å². The number of pyridine rings is 1. The standard InChI is InChI=1S/C19H24N4O5S/c1-14-7-9-22(10-8-14)29(26,27)16-4-5-17(18(11-16)23(24)25)20-12-15-3-6-19(28-2)21-13-15/h3-6,11,13-14,20H,7-10,12H2,1-2H3. The Hall–Kier alpha value is -2.72. The second-order valence-electron chi connectivity index (χ2n) is 7.09. The van der Waals surface area contributed by atoms with Crippen molar-refractivity contribution in [3.63, 3.8) is 0 Å². The van der Waals surface area contributed by atoms with Crippen molar-refractivity contribution < 1.29 is 18.1 Å². The minimum Gasteiger partial charge on any atom is -0.481 e. The van der Waals surface area contributed by atoms with Crippen LogP contribution in [0.5, 0.6) is 5.88 Å². The Labute approximate surface area is 169 Å². The molecule has 0 unspecified atom stereocenters. The zero-order chi connectivity index (χ0) is 21.0. The highest BCUT2D eigenvalue weighted by Crippen LogP contribution is 2.31. The van der Waals surface area contributed by atoms with Crippen LogP contribution in [0.1, 0.15) is 25.3 Å². The Morgan fingerprint density at radius 1 is 1.28 bits per heavy atom. The van der Waals surface area contributed by atoms with Crippen LogP contribution in [0.2, 0.25) is 0 Å². The van der Waals surface area contributed by atoms with Gasteiger partial charge >= 0.3 is 0 Å². The number of rotatable bonds is 7. The van der Waals surface area contributed by atoms with E-state index in [9.17, 15) is 18.5 Å². The summed E-state index contributed by atoms with van der Waals surface area (Å²) in [6.07, 6.45) is 3.18. The summed E-state index contributed by atoms with van der Waals surface area (Å²) in [6, 6.07) is 7.47. The molecule has 1 N–H and O–H groups in total. The van der Waals surface area contributed by atoms with Gasteiger partial charge in [-0.15, -0.1) is 0 Å². The lowest BCUT2D eigenvalue weighted by Crippen LogP contribution is -2.37. The van der Waals surface area contributed by atoms with Gasteiger partial charge in [0.15, 0.2) is 0 Å². The number of nitro benzene ring substituents is 1. The molecule has 2 aromatic rings. The molecule has 1 saturated heterocycles. The number of nitrogens with zero attached hydrogens (tertiary/aromatic N) is 3. The normalized spacial score (nSPS) is 15.8. The summed E-state index contributed by atoms with van der Waals surface area (Å²) < 4.78 is 32.2. The monoisotopic (exact) mass is 420 g/mol. The highest BCUT2D eigenvalue weighted by Gasteiger charge is 2.30. The lowest BCUT2D eigenvalue weighted by atomic mass is 10.0. The van der Waals surface area contributed by atoms with Gasteiger partial charge in [0.05, 0.1) is 16.9 Å². The molecule has 0 spiro atoms. The summed E-state index contributed by atoms with van der Waals surface area (Å²) in [6.45, 7) is 3.26. The summed E-state index contributed by atoms with van der Waals surface area (Å²) in [5.41, 5.74) is 0.772. The van der Waals surface area contributed by atoms with Crippen molar-refractivity contribution in [3.8, 4) is 5.88 Å². The zero-order valence-electron chi connectivity index (χ0n) is 16.4. The second-order valence-corrected chi connectivity index (χ2v) is 9.02. The first-order chi connectivity index (χ1) is 13.8. The molecule has 0 radical (unpaired) electrons. The summed E-state index contributed by atoms with van der Waals surface area (Å²) in [5, 5.41) is 14.5. The molecular weight excluding hydrogens is 396 g/mol. The minimum absolute atomic E-state index is 0.0598. The van der Waals surface area contributed by atoms with E-state index >= 15 is 0 Å². The van der Waals surface area contributed by atoms with Gasteiger partial charge in [0.25, 0.3) is 5.69 Å². The van der Waals surface area contributed by atoms with E-state index in [1.165, 1.54) is 23.5 Å². The van der Waals surface area contributed by atoms with Crippen LogP contribution in [0.25, 0.3) is 0 Å². The lowest BCUT2D eigenvalue weighted by Gasteiger charge is -2.29. The van der Waals surface area contributed by atoms with Crippen molar-refractivity contribution in [3.05, 3.63) is 52.2 Å². The Morgan fingerprint density at radius 2 is 2.00 bits per heavy atom. The van der Waals surface area contributed by atoms with Gasteiger partial charge in [-0.1, -0.05) is 13.0 Å². The van der Waals surface area contributed by atoms with Crippen LogP contribution in [0.15, 0.2) is 41.4 Å². The van der Waals surface area contributed by atoms with E-state index in [-0.39, 0.29) is 16.3 Å². The molecule has 29 heavy (non-hydrogen) atoms. The van der Waals surface area contributed by atoms with Gasteiger partial charge in [-0.25, -0.2) is 13.4 Å². The topological polar surface area (TPSA) is 115 Å². The number of anilines is 1. The maximum atomic E-state index is 12.9. The molecule has 3 rings (SSSR count). The minimum atomic E-state index is -3.76. The maximum Gasteiger partial charge on any atom is 0.293 e. The molecule has 0 aliphatic carbocycles. The number of hydrogen-bond acceptors (Lipinski definition) is 7. The number of hydrogen-bond donors (Lipinski definition) is 1. The van der Waals surface area contributed by atoms with Gasteiger partial charge in [-0.05, 0) is 36.5 Å². The Kier molecular flexibility index (Phi) is 6.33. The molecular formula is C19H24N4O5S. The number of benzene rings is 1. The number of piperidine rings is 1. The average molecular weight is 420 g/mol. The van der Waals surface area contributed by atoms with Gasteiger partial charge < -0.3 is 10.1 Å². The smallest absolute Gasteiger partial charge is 0.293 e. The van der Waals surface area contributed by atoms with Crippen molar-refractivity contribution >= 4 is 21.4 Å². The SMILES string of the molecule is COc1ccc(CNc2ccc(S(=O)(=O)N3CCC(C)CC3)cc2[N+](=O)[O-])cn1. The molecule has 1 aromatic carbocycles. The molecule has 2 heterocycles. The Morgan fingerprint density at radius 3 is 2.59 bits per heavy atom. The summed E-state index contributed by atoms with van der Waals surface area (Å²) >= 11 is 0. The van der Waals surface area contributed by atoms with E-state index in [2.05, 4.69) is 17.2 Å². The third-order valence-corrected chi connectivity index (χ3v) is 6.93. The lowest BCUT2D eigenvalue weighted by molar-refractivity contribution is -0.384. The fourth-order valence-electron chi connectivity index (χ4n) is 3.18. The number of ether oxygens (including phenoxy) is 1. The van der Waals surface area contributed by atoms with Crippen LogP contribution in [0, 0.1) is 16.0 Å². The van der Waals surface area contributed by atoms with E-state index in [0.29, 0.717) is 31.4 Å². The van der Waals surface area contributed by atoms with E-state index in [1.807, 2.05) is 0 Å². The van der Waals surface area contributed by atoms with E-state index in [0.717, 1.165) is 24.5 Å². The molecule has 1 aliphatic rings. The van der Waals surface area contributed by atoms with Crippen LogP contribution < -0.4 is 10.1 Å². The van der Waals surface area contributed by atoms with Gasteiger partial charge in [0, 0.05) is 38.0 Å².